The fraction of sp³-hybridized carbons (Fsp3) is 0.609. The van der Waals surface area contributed by atoms with E-state index in [-0.39, 0.29) is 29.6 Å². The summed E-state index contributed by atoms with van der Waals surface area (Å²) >= 11 is 0. The average Bonchev–Trinajstić information content (AvgIpc) is 3.48. The van der Waals surface area contributed by atoms with Crippen LogP contribution in [0.3, 0.4) is 0 Å². The highest BCUT2D eigenvalue weighted by Gasteiger charge is 2.50. The summed E-state index contributed by atoms with van der Waals surface area (Å²) in [4.78, 5) is 40.7. The predicted octanol–water partition coefficient (Wildman–Crippen LogP) is 3.20. The SMILES string of the molecule is CC(=O)N1CCN(C(=O)C2CC2C(=O)Nc2c(C(C)C)cccc2C(C)C)CC1. The highest BCUT2D eigenvalue weighted by Crippen LogP contribution is 2.42. The number of hydrogen-bond acceptors (Lipinski definition) is 3. The van der Waals surface area contributed by atoms with Gasteiger partial charge in [-0.3, -0.25) is 14.4 Å². The molecular weight excluding hydrogens is 366 g/mol. The van der Waals surface area contributed by atoms with Gasteiger partial charge in [-0.15, -0.1) is 0 Å². The molecule has 2 unspecified atom stereocenters. The van der Waals surface area contributed by atoms with Crippen LogP contribution >= 0.6 is 0 Å². The monoisotopic (exact) mass is 399 g/mol. The van der Waals surface area contributed by atoms with E-state index in [0.717, 1.165) is 16.8 Å². The second kappa shape index (κ2) is 8.56. The zero-order valence-corrected chi connectivity index (χ0v) is 18.2. The van der Waals surface area contributed by atoms with Gasteiger partial charge in [0.25, 0.3) is 0 Å². The Kier molecular flexibility index (Phi) is 6.30. The third-order valence-corrected chi connectivity index (χ3v) is 6.10. The third kappa shape index (κ3) is 4.62. The zero-order chi connectivity index (χ0) is 21.3. The summed E-state index contributed by atoms with van der Waals surface area (Å²) < 4.78 is 0. The second-order valence-corrected chi connectivity index (χ2v) is 8.89. The molecule has 3 amide bonds. The number of benzene rings is 1. The molecule has 1 N–H and O–H groups in total. The molecule has 1 aromatic rings. The first kappa shape index (κ1) is 21.3. The number of anilines is 1. The maximum absolute atomic E-state index is 12.9. The van der Waals surface area contributed by atoms with Crippen LogP contribution < -0.4 is 5.32 Å². The first-order valence-corrected chi connectivity index (χ1v) is 10.7. The number of piperazine rings is 1. The van der Waals surface area contributed by atoms with Crippen LogP contribution in [0.5, 0.6) is 0 Å². The summed E-state index contributed by atoms with van der Waals surface area (Å²) in [6.07, 6.45) is 0.610. The lowest BCUT2D eigenvalue weighted by atomic mass is 9.92. The van der Waals surface area contributed by atoms with Gasteiger partial charge >= 0.3 is 0 Å². The largest absolute Gasteiger partial charge is 0.339 e. The molecule has 2 aliphatic rings. The van der Waals surface area contributed by atoms with E-state index in [9.17, 15) is 14.4 Å². The molecule has 1 saturated carbocycles. The van der Waals surface area contributed by atoms with Crippen molar-refractivity contribution in [2.24, 2.45) is 11.8 Å². The van der Waals surface area contributed by atoms with Gasteiger partial charge in [0.1, 0.15) is 0 Å². The van der Waals surface area contributed by atoms with E-state index in [4.69, 9.17) is 0 Å². The number of para-hydroxylation sites is 1. The van der Waals surface area contributed by atoms with Crippen LogP contribution in [0.2, 0.25) is 0 Å². The quantitative estimate of drug-likeness (QED) is 0.827. The van der Waals surface area contributed by atoms with Crippen LogP contribution in [0.1, 0.15) is 64.0 Å². The molecule has 1 aliphatic heterocycles. The Labute approximate surface area is 173 Å². The predicted molar refractivity (Wildman–Crippen MR) is 114 cm³/mol. The van der Waals surface area contributed by atoms with Crippen molar-refractivity contribution in [1.29, 1.82) is 0 Å². The van der Waals surface area contributed by atoms with Crippen molar-refractivity contribution in [2.75, 3.05) is 31.5 Å². The van der Waals surface area contributed by atoms with Gasteiger partial charge < -0.3 is 15.1 Å². The standard InChI is InChI=1S/C23H33N3O3/c1-14(2)17-7-6-8-18(15(3)4)21(17)24-22(28)19-13-20(19)23(29)26-11-9-25(10-12-26)16(5)27/h6-8,14-15,19-20H,9-13H2,1-5H3,(H,24,28). The molecule has 0 spiro atoms. The van der Waals surface area contributed by atoms with E-state index in [1.165, 1.54) is 0 Å². The van der Waals surface area contributed by atoms with Gasteiger partial charge in [0.2, 0.25) is 17.7 Å². The van der Waals surface area contributed by atoms with Crippen molar-refractivity contribution in [1.82, 2.24) is 9.80 Å². The summed E-state index contributed by atoms with van der Waals surface area (Å²) in [6.45, 7) is 12.3. The molecule has 1 aromatic carbocycles. The number of nitrogens with zero attached hydrogens (tertiary/aromatic N) is 2. The number of carbonyl (C=O) groups is 3. The molecule has 0 bridgehead atoms. The minimum absolute atomic E-state index is 0.0468. The van der Waals surface area contributed by atoms with Crippen LogP contribution in [0, 0.1) is 11.8 Å². The van der Waals surface area contributed by atoms with Crippen molar-refractivity contribution in [2.45, 2.75) is 52.9 Å². The molecule has 1 aliphatic carbocycles. The Balaban J connectivity index is 1.64. The lowest BCUT2D eigenvalue weighted by Crippen LogP contribution is -2.50. The Morgan fingerprint density at radius 2 is 1.41 bits per heavy atom. The maximum atomic E-state index is 12.9. The molecule has 158 valence electrons. The minimum atomic E-state index is -0.256. The first-order chi connectivity index (χ1) is 13.7. The van der Waals surface area contributed by atoms with Gasteiger partial charge in [-0.05, 0) is 29.4 Å². The van der Waals surface area contributed by atoms with E-state index >= 15 is 0 Å². The van der Waals surface area contributed by atoms with E-state index in [2.05, 4.69) is 45.1 Å². The minimum Gasteiger partial charge on any atom is -0.339 e. The number of rotatable bonds is 5. The number of hydrogen-bond donors (Lipinski definition) is 1. The number of amides is 3. The summed E-state index contributed by atoms with van der Waals surface area (Å²) in [5.41, 5.74) is 3.18. The van der Waals surface area contributed by atoms with Crippen molar-refractivity contribution < 1.29 is 14.4 Å². The molecule has 1 heterocycles. The average molecular weight is 400 g/mol. The fourth-order valence-electron chi connectivity index (χ4n) is 4.15. The van der Waals surface area contributed by atoms with Crippen molar-refractivity contribution >= 4 is 23.4 Å². The molecule has 3 rings (SSSR count). The zero-order valence-electron chi connectivity index (χ0n) is 18.2. The molecule has 0 radical (unpaired) electrons. The highest BCUT2D eigenvalue weighted by atomic mass is 16.2. The van der Waals surface area contributed by atoms with Gasteiger partial charge in [-0.25, -0.2) is 0 Å². The molecule has 1 saturated heterocycles. The van der Waals surface area contributed by atoms with E-state index in [0.29, 0.717) is 44.4 Å². The van der Waals surface area contributed by atoms with Gasteiger partial charge in [-0.2, -0.15) is 0 Å². The molecule has 29 heavy (non-hydrogen) atoms. The van der Waals surface area contributed by atoms with Gasteiger partial charge in [0, 0.05) is 38.8 Å². The Morgan fingerprint density at radius 1 is 0.897 bits per heavy atom. The van der Waals surface area contributed by atoms with Crippen LogP contribution in [-0.4, -0.2) is 53.7 Å². The van der Waals surface area contributed by atoms with Gasteiger partial charge in [0.05, 0.1) is 11.8 Å². The van der Waals surface area contributed by atoms with E-state index < -0.39 is 0 Å². The topological polar surface area (TPSA) is 69.7 Å². The van der Waals surface area contributed by atoms with Gasteiger partial charge in [-0.1, -0.05) is 45.9 Å². The van der Waals surface area contributed by atoms with Crippen LogP contribution in [0.4, 0.5) is 5.69 Å². The summed E-state index contributed by atoms with van der Waals surface area (Å²) in [7, 11) is 0. The van der Waals surface area contributed by atoms with Crippen LogP contribution in [0.25, 0.3) is 0 Å². The lowest BCUT2D eigenvalue weighted by molar-refractivity contribution is -0.139. The molecule has 6 heteroatoms. The summed E-state index contributed by atoms with van der Waals surface area (Å²) in [5, 5.41) is 3.15. The lowest BCUT2D eigenvalue weighted by Gasteiger charge is -2.34. The summed E-state index contributed by atoms with van der Waals surface area (Å²) in [5.74, 6) is 0.165. The first-order valence-electron chi connectivity index (χ1n) is 10.7. The number of nitrogens with one attached hydrogen (secondary N) is 1. The third-order valence-electron chi connectivity index (χ3n) is 6.10. The normalized spacial score (nSPS) is 21.5. The smallest absolute Gasteiger partial charge is 0.228 e. The molecule has 2 atom stereocenters. The van der Waals surface area contributed by atoms with E-state index in [1.807, 2.05) is 6.07 Å². The van der Waals surface area contributed by atoms with Crippen molar-refractivity contribution in [3.8, 4) is 0 Å². The molecule has 0 aromatic heterocycles. The van der Waals surface area contributed by atoms with Crippen LogP contribution in [0.15, 0.2) is 18.2 Å². The van der Waals surface area contributed by atoms with E-state index in [1.54, 1.807) is 16.7 Å². The number of carbonyl (C=O) groups excluding carboxylic acids is 3. The van der Waals surface area contributed by atoms with Crippen molar-refractivity contribution in [3.05, 3.63) is 29.3 Å². The highest BCUT2D eigenvalue weighted by molar-refractivity contribution is 6.00. The second-order valence-electron chi connectivity index (χ2n) is 8.89. The Bertz CT molecular complexity index is 768. The summed E-state index contributed by atoms with van der Waals surface area (Å²) in [6, 6.07) is 6.18. The van der Waals surface area contributed by atoms with Gasteiger partial charge in [0.15, 0.2) is 0 Å². The Morgan fingerprint density at radius 3 is 1.90 bits per heavy atom. The fourth-order valence-corrected chi connectivity index (χ4v) is 4.15. The molecular formula is C23H33N3O3. The van der Waals surface area contributed by atoms with Crippen LogP contribution in [-0.2, 0) is 14.4 Å². The maximum Gasteiger partial charge on any atom is 0.228 e. The molecule has 2 fully saturated rings. The Hall–Kier alpha value is -2.37. The molecule has 6 nitrogen and oxygen atoms in total. The van der Waals surface area contributed by atoms with Crippen molar-refractivity contribution in [3.63, 3.8) is 0 Å².